The Morgan fingerprint density at radius 2 is 1.55 bits per heavy atom. The molecule has 0 aliphatic carbocycles. The topological polar surface area (TPSA) is 26.0 Å². The van der Waals surface area contributed by atoms with Gasteiger partial charge in [-0.05, 0) is 24.7 Å². The summed E-state index contributed by atoms with van der Waals surface area (Å²) in [5, 5.41) is 0. The zero-order valence-electron chi connectivity index (χ0n) is 8.59. The second-order valence-electron chi connectivity index (χ2n) is 4.03. The molecule has 0 amide bonds. The van der Waals surface area contributed by atoms with Crippen molar-refractivity contribution in [3.63, 3.8) is 0 Å². The Bertz CT molecular complexity index is 97.0. The Labute approximate surface area is 71.4 Å². The van der Waals surface area contributed by atoms with E-state index in [1.165, 1.54) is 6.42 Å². The molecular weight excluding hydrogens is 134 g/mol. The fourth-order valence-corrected chi connectivity index (χ4v) is 1.72. The molecule has 0 fully saturated rings. The number of hydrogen-bond acceptors (Lipinski definition) is 1. The molecule has 0 bridgehead atoms. The molecule has 2 N–H and O–H groups in total. The summed E-state index contributed by atoms with van der Waals surface area (Å²) >= 11 is 0. The van der Waals surface area contributed by atoms with Crippen LogP contribution in [0.1, 0.15) is 41.0 Å². The van der Waals surface area contributed by atoms with Gasteiger partial charge in [0.15, 0.2) is 0 Å². The van der Waals surface area contributed by atoms with E-state index in [2.05, 4.69) is 34.6 Å². The largest absolute Gasteiger partial charge is 0.328 e. The third kappa shape index (κ3) is 3.24. The molecule has 68 valence electrons. The number of rotatable bonds is 4. The monoisotopic (exact) mass is 157 g/mol. The number of hydrogen-bond donors (Lipinski definition) is 1. The molecule has 0 aromatic carbocycles. The molecule has 0 aromatic heterocycles. The standard InChI is InChI=1S/C10H23N/c1-6-10(9(5)11)8(4)7(2)3/h7-10H,6,11H2,1-5H3. The highest BCUT2D eigenvalue weighted by molar-refractivity contribution is 4.74. The highest BCUT2D eigenvalue weighted by atomic mass is 14.6. The van der Waals surface area contributed by atoms with Gasteiger partial charge in [0.25, 0.3) is 0 Å². The number of nitrogens with two attached hydrogens (primary N) is 1. The minimum atomic E-state index is 0.345. The summed E-state index contributed by atoms with van der Waals surface area (Å²) in [5.41, 5.74) is 5.89. The molecule has 0 saturated carbocycles. The van der Waals surface area contributed by atoms with Crippen molar-refractivity contribution < 1.29 is 0 Å². The zero-order valence-corrected chi connectivity index (χ0v) is 8.59. The van der Waals surface area contributed by atoms with Gasteiger partial charge in [-0.1, -0.05) is 34.1 Å². The predicted octanol–water partition coefficient (Wildman–Crippen LogP) is 2.65. The highest BCUT2D eigenvalue weighted by Gasteiger charge is 2.21. The first-order valence-electron chi connectivity index (χ1n) is 4.76. The Balaban J connectivity index is 4.02. The molecule has 0 saturated heterocycles. The Hall–Kier alpha value is -0.0400. The van der Waals surface area contributed by atoms with Crippen LogP contribution in [0.25, 0.3) is 0 Å². The van der Waals surface area contributed by atoms with Crippen LogP contribution < -0.4 is 5.73 Å². The lowest BCUT2D eigenvalue weighted by Crippen LogP contribution is -2.33. The van der Waals surface area contributed by atoms with Crippen molar-refractivity contribution in [2.45, 2.75) is 47.1 Å². The third-order valence-corrected chi connectivity index (χ3v) is 2.87. The quantitative estimate of drug-likeness (QED) is 0.667. The first-order valence-corrected chi connectivity index (χ1v) is 4.76. The van der Waals surface area contributed by atoms with E-state index >= 15 is 0 Å². The molecule has 0 radical (unpaired) electrons. The third-order valence-electron chi connectivity index (χ3n) is 2.87. The zero-order chi connectivity index (χ0) is 9.02. The van der Waals surface area contributed by atoms with Gasteiger partial charge in [0, 0.05) is 6.04 Å². The van der Waals surface area contributed by atoms with Gasteiger partial charge in [-0.15, -0.1) is 0 Å². The van der Waals surface area contributed by atoms with E-state index in [-0.39, 0.29) is 0 Å². The van der Waals surface area contributed by atoms with Gasteiger partial charge in [-0.3, -0.25) is 0 Å². The van der Waals surface area contributed by atoms with Crippen LogP contribution in [0, 0.1) is 17.8 Å². The van der Waals surface area contributed by atoms with Crippen LogP contribution in [0.3, 0.4) is 0 Å². The van der Waals surface area contributed by atoms with Crippen LogP contribution in [0.4, 0.5) is 0 Å². The van der Waals surface area contributed by atoms with Crippen LogP contribution >= 0.6 is 0 Å². The van der Waals surface area contributed by atoms with Gasteiger partial charge in [-0.2, -0.15) is 0 Å². The second kappa shape index (κ2) is 4.76. The van der Waals surface area contributed by atoms with Crippen LogP contribution in [0.15, 0.2) is 0 Å². The van der Waals surface area contributed by atoms with Crippen molar-refractivity contribution in [1.82, 2.24) is 0 Å². The summed E-state index contributed by atoms with van der Waals surface area (Å²) < 4.78 is 0. The molecule has 0 rings (SSSR count). The molecular formula is C10H23N. The molecule has 0 aliphatic heterocycles. The summed E-state index contributed by atoms with van der Waals surface area (Å²) in [7, 11) is 0. The van der Waals surface area contributed by atoms with E-state index in [1.807, 2.05) is 0 Å². The molecule has 0 aromatic rings. The average molecular weight is 157 g/mol. The fraction of sp³-hybridized carbons (Fsp3) is 1.00. The van der Waals surface area contributed by atoms with E-state index in [9.17, 15) is 0 Å². The maximum Gasteiger partial charge on any atom is 0.00413 e. The first-order chi connectivity index (χ1) is 5.00. The van der Waals surface area contributed by atoms with Gasteiger partial charge in [0.05, 0.1) is 0 Å². The summed E-state index contributed by atoms with van der Waals surface area (Å²) in [4.78, 5) is 0. The van der Waals surface area contributed by atoms with Gasteiger partial charge in [0.2, 0.25) is 0 Å². The SMILES string of the molecule is CCC(C(C)N)C(C)C(C)C. The minimum absolute atomic E-state index is 0.345. The lowest BCUT2D eigenvalue weighted by atomic mass is 9.80. The van der Waals surface area contributed by atoms with Crippen molar-refractivity contribution in [3.05, 3.63) is 0 Å². The summed E-state index contributed by atoms with van der Waals surface area (Å²) in [5.74, 6) is 2.20. The van der Waals surface area contributed by atoms with Crippen LogP contribution in [-0.4, -0.2) is 6.04 Å². The second-order valence-corrected chi connectivity index (χ2v) is 4.03. The smallest absolute Gasteiger partial charge is 0.00413 e. The Morgan fingerprint density at radius 1 is 1.09 bits per heavy atom. The van der Waals surface area contributed by atoms with Crippen LogP contribution in [-0.2, 0) is 0 Å². The maximum atomic E-state index is 5.89. The van der Waals surface area contributed by atoms with E-state index in [0.717, 1.165) is 11.8 Å². The van der Waals surface area contributed by atoms with Gasteiger partial charge >= 0.3 is 0 Å². The predicted molar refractivity (Wildman–Crippen MR) is 51.4 cm³/mol. The summed E-state index contributed by atoms with van der Waals surface area (Å²) in [6.07, 6.45) is 1.21. The fourth-order valence-electron chi connectivity index (χ4n) is 1.72. The molecule has 3 unspecified atom stereocenters. The highest BCUT2D eigenvalue weighted by Crippen LogP contribution is 2.24. The van der Waals surface area contributed by atoms with E-state index in [4.69, 9.17) is 5.73 Å². The van der Waals surface area contributed by atoms with E-state index < -0.39 is 0 Å². The molecule has 0 aliphatic rings. The van der Waals surface area contributed by atoms with E-state index in [0.29, 0.717) is 12.0 Å². The van der Waals surface area contributed by atoms with Crippen molar-refractivity contribution in [2.75, 3.05) is 0 Å². The molecule has 3 atom stereocenters. The van der Waals surface area contributed by atoms with Gasteiger partial charge in [0.1, 0.15) is 0 Å². The van der Waals surface area contributed by atoms with Crippen molar-refractivity contribution in [1.29, 1.82) is 0 Å². The molecule has 1 nitrogen and oxygen atoms in total. The Morgan fingerprint density at radius 3 is 1.64 bits per heavy atom. The van der Waals surface area contributed by atoms with Crippen LogP contribution in [0.2, 0.25) is 0 Å². The maximum absolute atomic E-state index is 5.89. The van der Waals surface area contributed by atoms with Crippen molar-refractivity contribution in [2.24, 2.45) is 23.5 Å². The average Bonchev–Trinajstić information content (AvgIpc) is 1.88. The van der Waals surface area contributed by atoms with Crippen molar-refractivity contribution >= 4 is 0 Å². The van der Waals surface area contributed by atoms with Gasteiger partial charge < -0.3 is 5.73 Å². The molecule has 0 spiro atoms. The summed E-state index contributed by atoms with van der Waals surface area (Å²) in [6.45, 7) is 11.2. The lowest BCUT2D eigenvalue weighted by molar-refractivity contribution is 0.238. The normalized spacial score (nSPS) is 19.9. The summed E-state index contributed by atoms with van der Waals surface area (Å²) in [6, 6.07) is 0.345. The van der Waals surface area contributed by atoms with Gasteiger partial charge in [-0.25, -0.2) is 0 Å². The first kappa shape index (κ1) is 11.0. The molecule has 1 heteroatoms. The molecule has 11 heavy (non-hydrogen) atoms. The van der Waals surface area contributed by atoms with E-state index in [1.54, 1.807) is 0 Å². The van der Waals surface area contributed by atoms with Crippen LogP contribution in [0.5, 0.6) is 0 Å². The Kier molecular flexibility index (Phi) is 4.74. The minimum Gasteiger partial charge on any atom is -0.328 e. The lowest BCUT2D eigenvalue weighted by Gasteiger charge is -2.28. The molecule has 0 heterocycles. The van der Waals surface area contributed by atoms with Crippen molar-refractivity contribution in [3.8, 4) is 0 Å².